The third-order valence-electron chi connectivity index (χ3n) is 5.92. The van der Waals surface area contributed by atoms with E-state index in [-0.39, 0.29) is 11.8 Å². The number of rotatable bonds is 6. The van der Waals surface area contributed by atoms with Crippen molar-refractivity contribution in [2.75, 3.05) is 11.4 Å². The molecule has 6 heteroatoms. The zero-order valence-electron chi connectivity index (χ0n) is 19.2. The number of anilines is 1. The number of hydrogen-bond donors (Lipinski definition) is 1. The van der Waals surface area contributed by atoms with E-state index in [4.69, 9.17) is 0 Å². The molecular weight excluding hydrogens is 432 g/mol. The maximum absolute atomic E-state index is 13.7. The number of carbonyl (C=O) groups excluding carboxylic acids is 2. The highest BCUT2D eigenvalue weighted by Gasteiger charge is 2.31. The summed E-state index contributed by atoms with van der Waals surface area (Å²) in [7, 11) is -1.54. The highest BCUT2D eigenvalue weighted by molar-refractivity contribution is 7.85. The number of nitrogens with one attached hydrogen (secondary N) is 1. The van der Waals surface area contributed by atoms with Crippen LogP contribution in [0.5, 0.6) is 0 Å². The molecule has 3 aromatic rings. The maximum atomic E-state index is 13.7. The van der Waals surface area contributed by atoms with Crippen LogP contribution in [0.3, 0.4) is 0 Å². The summed E-state index contributed by atoms with van der Waals surface area (Å²) < 4.78 is 13.5. The number of unbranched alkanes of at least 4 members (excludes halogenated alkanes) is 1. The molecule has 0 aliphatic carbocycles. The first kappa shape index (κ1) is 22.9. The Kier molecular flexibility index (Phi) is 6.75. The van der Waals surface area contributed by atoms with Crippen molar-refractivity contribution in [3.63, 3.8) is 0 Å². The van der Waals surface area contributed by atoms with Gasteiger partial charge in [0.05, 0.1) is 38.4 Å². The lowest BCUT2D eigenvalue weighted by Gasteiger charge is -2.24. The third-order valence-corrected chi connectivity index (χ3v) is 7.42. The molecule has 0 fully saturated rings. The Morgan fingerprint density at radius 1 is 1.00 bits per heavy atom. The molecule has 0 saturated carbocycles. The molecule has 1 aliphatic heterocycles. The van der Waals surface area contributed by atoms with Gasteiger partial charge in [0.25, 0.3) is 11.8 Å². The first-order chi connectivity index (χ1) is 15.9. The van der Waals surface area contributed by atoms with E-state index in [0.717, 1.165) is 29.5 Å². The van der Waals surface area contributed by atoms with Gasteiger partial charge in [-0.05, 0) is 61.7 Å². The number of benzene rings is 3. The second kappa shape index (κ2) is 9.71. The smallest absolute Gasteiger partial charge is 0.259 e. The van der Waals surface area contributed by atoms with E-state index in [1.54, 1.807) is 47.4 Å². The Labute approximate surface area is 197 Å². The minimum atomic E-state index is -1.54. The topological polar surface area (TPSA) is 66.5 Å². The maximum Gasteiger partial charge on any atom is 0.259 e. The molecule has 2 amide bonds. The van der Waals surface area contributed by atoms with Gasteiger partial charge in [0.2, 0.25) is 0 Å². The molecule has 0 unspecified atom stereocenters. The molecular formula is C27H28N2O3S. The van der Waals surface area contributed by atoms with Gasteiger partial charge in [-0.25, -0.2) is 4.21 Å². The molecule has 3 aromatic carbocycles. The predicted octanol–water partition coefficient (Wildman–Crippen LogP) is 5.16. The SMILES string of the molecule is CCCCNC(=O)c1ccc2c(c1)N(Cc1cc(C)ccc1C)C(=O)c1ccccc1[S@]2=O. The van der Waals surface area contributed by atoms with Crippen LogP contribution in [0.25, 0.3) is 0 Å². The Morgan fingerprint density at radius 2 is 1.79 bits per heavy atom. The van der Waals surface area contributed by atoms with Crippen LogP contribution in [-0.2, 0) is 17.3 Å². The summed E-state index contributed by atoms with van der Waals surface area (Å²) in [5.41, 5.74) is 4.57. The molecule has 1 heterocycles. The molecule has 5 nitrogen and oxygen atoms in total. The molecule has 1 N–H and O–H groups in total. The second-order valence-corrected chi connectivity index (χ2v) is 9.80. The van der Waals surface area contributed by atoms with Crippen LogP contribution in [0.15, 0.2) is 70.5 Å². The zero-order chi connectivity index (χ0) is 23.5. The quantitative estimate of drug-likeness (QED) is 0.517. The average molecular weight is 461 g/mol. The molecule has 1 aliphatic rings. The first-order valence-corrected chi connectivity index (χ1v) is 12.4. The van der Waals surface area contributed by atoms with Gasteiger partial charge in [0.1, 0.15) is 0 Å². The molecule has 170 valence electrons. The molecule has 0 spiro atoms. The minimum absolute atomic E-state index is 0.196. The number of hydrogen-bond acceptors (Lipinski definition) is 3. The Bertz CT molecular complexity index is 1250. The fourth-order valence-corrected chi connectivity index (χ4v) is 5.33. The second-order valence-electron chi connectivity index (χ2n) is 8.38. The van der Waals surface area contributed by atoms with Crippen LogP contribution in [0.1, 0.15) is 57.2 Å². The van der Waals surface area contributed by atoms with Crippen molar-refractivity contribution >= 4 is 28.3 Å². The molecule has 1 atom stereocenters. The molecule has 4 rings (SSSR count). The van der Waals surface area contributed by atoms with Crippen molar-refractivity contribution in [2.45, 2.75) is 49.9 Å². The monoisotopic (exact) mass is 460 g/mol. The van der Waals surface area contributed by atoms with Crippen molar-refractivity contribution in [2.24, 2.45) is 0 Å². The summed E-state index contributed by atoms with van der Waals surface area (Å²) in [5.74, 6) is -0.417. The van der Waals surface area contributed by atoms with Crippen LogP contribution >= 0.6 is 0 Å². The van der Waals surface area contributed by atoms with Crippen molar-refractivity contribution in [1.82, 2.24) is 5.32 Å². The zero-order valence-corrected chi connectivity index (χ0v) is 20.0. The van der Waals surface area contributed by atoms with E-state index in [0.29, 0.717) is 39.7 Å². The first-order valence-electron chi connectivity index (χ1n) is 11.2. The average Bonchev–Trinajstić information content (AvgIpc) is 2.91. The standard InChI is InChI=1S/C27H28N2O3S/c1-4-5-14-28-26(30)20-12-13-25-23(16-20)29(17-21-15-18(2)10-11-19(21)3)27(31)22-8-6-7-9-24(22)33(25)32/h6-13,15-16H,4-5,14,17H2,1-3H3,(H,28,30)/t33-/m1/s1. The van der Waals surface area contributed by atoms with Crippen molar-refractivity contribution in [3.8, 4) is 0 Å². The van der Waals surface area contributed by atoms with E-state index in [1.165, 1.54) is 0 Å². The van der Waals surface area contributed by atoms with Gasteiger partial charge in [0, 0.05) is 12.1 Å². The number of fused-ring (bicyclic) bond motifs is 2. The fourth-order valence-electron chi connectivity index (χ4n) is 3.98. The van der Waals surface area contributed by atoms with Gasteiger partial charge in [-0.15, -0.1) is 0 Å². The normalized spacial score (nSPS) is 14.9. The lowest BCUT2D eigenvalue weighted by molar-refractivity contribution is 0.0949. The summed E-state index contributed by atoms with van der Waals surface area (Å²) in [6, 6.07) is 18.3. The summed E-state index contributed by atoms with van der Waals surface area (Å²) in [6.07, 6.45) is 1.88. The van der Waals surface area contributed by atoms with E-state index in [9.17, 15) is 13.8 Å². The van der Waals surface area contributed by atoms with Gasteiger partial charge >= 0.3 is 0 Å². The summed E-state index contributed by atoms with van der Waals surface area (Å²) in [5, 5.41) is 2.92. The number of aryl methyl sites for hydroxylation is 2. The van der Waals surface area contributed by atoms with Crippen molar-refractivity contribution in [1.29, 1.82) is 0 Å². The van der Waals surface area contributed by atoms with Crippen LogP contribution in [0, 0.1) is 13.8 Å². The molecule has 33 heavy (non-hydrogen) atoms. The highest BCUT2D eigenvalue weighted by Crippen LogP contribution is 2.36. The van der Waals surface area contributed by atoms with Gasteiger partial charge in [-0.2, -0.15) is 0 Å². The largest absolute Gasteiger partial charge is 0.352 e. The van der Waals surface area contributed by atoms with Gasteiger partial charge in [-0.3, -0.25) is 9.59 Å². The molecule has 0 saturated heterocycles. The van der Waals surface area contributed by atoms with Crippen LogP contribution in [0.4, 0.5) is 5.69 Å². The summed E-state index contributed by atoms with van der Waals surface area (Å²) >= 11 is 0. The highest BCUT2D eigenvalue weighted by atomic mass is 32.2. The van der Waals surface area contributed by atoms with Gasteiger partial charge in [0.15, 0.2) is 0 Å². The molecule has 0 bridgehead atoms. The third kappa shape index (κ3) is 4.62. The van der Waals surface area contributed by atoms with Crippen LogP contribution in [0.2, 0.25) is 0 Å². The summed E-state index contributed by atoms with van der Waals surface area (Å²) in [6.45, 7) is 7.02. The minimum Gasteiger partial charge on any atom is -0.352 e. The van der Waals surface area contributed by atoms with Gasteiger partial charge < -0.3 is 10.2 Å². The Hall–Kier alpha value is -3.25. The van der Waals surface area contributed by atoms with Crippen LogP contribution in [-0.4, -0.2) is 22.6 Å². The van der Waals surface area contributed by atoms with E-state index >= 15 is 0 Å². The number of carbonyl (C=O) groups is 2. The Balaban J connectivity index is 1.83. The van der Waals surface area contributed by atoms with Gasteiger partial charge in [-0.1, -0.05) is 49.2 Å². The predicted molar refractivity (Wildman–Crippen MR) is 131 cm³/mol. The molecule has 0 aromatic heterocycles. The van der Waals surface area contributed by atoms with E-state index in [2.05, 4.69) is 18.3 Å². The number of amides is 2. The summed E-state index contributed by atoms with van der Waals surface area (Å²) in [4.78, 5) is 29.2. The van der Waals surface area contributed by atoms with Crippen LogP contribution < -0.4 is 10.2 Å². The number of nitrogens with zero attached hydrogens (tertiary/aromatic N) is 1. The van der Waals surface area contributed by atoms with Crippen molar-refractivity contribution in [3.05, 3.63) is 88.5 Å². The lowest BCUT2D eigenvalue weighted by Crippen LogP contribution is -2.31. The lowest BCUT2D eigenvalue weighted by atomic mass is 10.0. The fraction of sp³-hybridized carbons (Fsp3) is 0.259. The molecule has 0 radical (unpaired) electrons. The van der Waals surface area contributed by atoms with E-state index < -0.39 is 10.8 Å². The Morgan fingerprint density at radius 3 is 2.58 bits per heavy atom. The van der Waals surface area contributed by atoms with Crippen molar-refractivity contribution < 1.29 is 13.8 Å². The van der Waals surface area contributed by atoms with E-state index in [1.807, 2.05) is 26.0 Å².